The van der Waals surface area contributed by atoms with Crippen molar-refractivity contribution in [2.24, 2.45) is 0 Å². The molecule has 3 heteroatoms. The Bertz CT molecular complexity index is 420. The smallest absolute Gasteiger partial charge is 0.209 e. The lowest BCUT2D eigenvalue weighted by Gasteiger charge is -1.88. The monoisotopic (exact) mass is 176 g/mol. The first-order valence-corrected chi connectivity index (χ1v) is 4.31. The standard InChI is InChI=1S/C10H12N2O/c1-7-4-3-5-8-10(7)12-9(13-8)6-11-2/h3-5,11H,6H2,1-2H3. The number of hydrogen-bond donors (Lipinski definition) is 1. The van der Waals surface area contributed by atoms with Crippen molar-refractivity contribution in [3.8, 4) is 0 Å². The third-order valence-electron chi connectivity index (χ3n) is 1.99. The van der Waals surface area contributed by atoms with Gasteiger partial charge in [-0.15, -0.1) is 0 Å². The molecule has 0 aliphatic heterocycles. The van der Waals surface area contributed by atoms with E-state index in [1.807, 2.05) is 32.2 Å². The summed E-state index contributed by atoms with van der Waals surface area (Å²) in [6.45, 7) is 2.71. The summed E-state index contributed by atoms with van der Waals surface area (Å²) in [6.07, 6.45) is 0. The molecule has 1 N–H and O–H groups in total. The fraction of sp³-hybridized carbons (Fsp3) is 0.300. The zero-order valence-electron chi connectivity index (χ0n) is 7.79. The maximum absolute atomic E-state index is 5.52. The van der Waals surface area contributed by atoms with Gasteiger partial charge in [0.2, 0.25) is 5.89 Å². The molecule has 1 heterocycles. The number of nitrogens with zero attached hydrogens (tertiary/aromatic N) is 1. The van der Waals surface area contributed by atoms with Gasteiger partial charge >= 0.3 is 0 Å². The first-order chi connectivity index (χ1) is 6.31. The average molecular weight is 176 g/mol. The molecular formula is C10H12N2O. The van der Waals surface area contributed by atoms with Crippen LogP contribution in [0.15, 0.2) is 22.6 Å². The number of aromatic nitrogens is 1. The van der Waals surface area contributed by atoms with Crippen molar-refractivity contribution in [2.75, 3.05) is 7.05 Å². The van der Waals surface area contributed by atoms with Gasteiger partial charge in [0.05, 0.1) is 6.54 Å². The lowest BCUT2D eigenvalue weighted by molar-refractivity contribution is 0.511. The Morgan fingerprint density at radius 2 is 2.31 bits per heavy atom. The van der Waals surface area contributed by atoms with Crippen molar-refractivity contribution >= 4 is 11.1 Å². The van der Waals surface area contributed by atoms with Crippen LogP contribution < -0.4 is 5.32 Å². The number of fused-ring (bicyclic) bond motifs is 1. The molecule has 0 spiro atoms. The van der Waals surface area contributed by atoms with Crippen molar-refractivity contribution < 1.29 is 4.42 Å². The van der Waals surface area contributed by atoms with Gasteiger partial charge in [0.15, 0.2) is 5.58 Å². The fourth-order valence-electron chi connectivity index (χ4n) is 1.36. The van der Waals surface area contributed by atoms with Crippen molar-refractivity contribution in [1.29, 1.82) is 0 Å². The van der Waals surface area contributed by atoms with Gasteiger partial charge in [-0.05, 0) is 25.6 Å². The highest BCUT2D eigenvalue weighted by atomic mass is 16.3. The summed E-state index contributed by atoms with van der Waals surface area (Å²) in [7, 11) is 1.88. The second-order valence-electron chi connectivity index (χ2n) is 3.06. The molecule has 1 aromatic heterocycles. The van der Waals surface area contributed by atoms with Gasteiger partial charge in [-0.2, -0.15) is 0 Å². The molecule has 0 saturated carbocycles. The van der Waals surface area contributed by atoms with Crippen LogP contribution in [0.3, 0.4) is 0 Å². The van der Waals surface area contributed by atoms with Crippen molar-refractivity contribution in [2.45, 2.75) is 13.5 Å². The molecule has 0 saturated heterocycles. The number of benzene rings is 1. The van der Waals surface area contributed by atoms with E-state index in [2.05, 4.69) is 10.3 Å². The molecule has 0 aliphatic rings. The highest BCUT2D eigenvalue weighted by Gasteiger charge is 2.05. The van der Waals surface area contributed by atoms with Crippen LogP contribution in [0.5, 0.6) is 0 Å². The Morgan fingerprint density at radius 3 is 3.00 bits per heavy atom. The van der Waals surface area contributed by atoms with E-state index in [-0.39, 0.29) is 0 Å². The molecule has 0 bridgehead atoms. The quantitative estimate of drug-likeness (QED) is 0.758. The van der Waals surface area contributed by atoms with Crippen LogP contribution in [0, 0.1) is 6.92 Å². The molecule has 0 amide bonds. The molecular weight excluding hydrogens is 164 g/mol. The number of aryl methyl sites for hydroxylation is 1. The Kier molecular flexibility index (Phi) is 2.02. The zero-order chi connectivity index (χ0) is 9.26. The van der Waals surface area contributed by atoms with Crippen molar-refractivity contribution in [3.63, 3.8) is 0 Å². The molecule has 68 valence electrons. The van der Waals surface area contributed by atoms with Gasteiger partial charge in [0.1, 0.15) is 5.52 Å². The van der Waals surface area contributed by atoms with E-state index >= 15 is 0 Å². The molecule has 13 heavy (non-hydrogen) atoms. The summed E-state index contributed by atoms with van der Waals surface area (Å²) in [6, 6.07) is 5.95. The van der Waals surface area contributed by atoms with Gasteiger partial charge in [0, 0.05) is 0 Å². The van der Waals surface area contributed by atoms with Gasteiger partial charge in [-0.1, -0.05) is 12.1 Å². The van der Waals surface area contributed by atoms with Crippen LogP contribution in [0.2, 0.25) is 0 Å². The van der Waals surface area contributed by atoms with Gasteiger partial charge in [0.25, 0.3) is 0 Å². The molecule has 0 aliphatic carbocycles. The maximum Gasteiger partial charge on any atom is 0.209 e. The van der Waals surface area contributed by atoms with E-state index in [1.165, 1.54) is 0 Å². The Morgan fingerprint density at radius 1 is 1.46 bits per heavy atom. The molecule has 1 aromatic carbocycles. The van der Waals surface area contributed by atoms with Gasteiger partial charge in [-0.25, -0.2) is 4.98 Å². The first kappa shape index (κ1) is 8.26. The number of oxazole rings is 1. The maximum atomic E-state index is 5.52. The summed E-state index contributed by atoms with van der Waals surface area (Å²) in [4.78, 5) is 4.37. The summed E-state index contributed by atoms with van der Waals surface area (Å²) in [5.41, 5.74) is 2.99. The van der Waals surface area contributed by atoms with E-state index in [4.69, 9.17) is 4.42 Å². The Balaban J connectivity index is 2.55. The molecule has 3 nitrogen and oxygen atoms in total. The van der Waals surface area contributed by atoms with E-state index in [9.17, 15) is 0 Å². The van der Waals surface area contributed by atoms with E-state index in [0.717, 1.165) is 22.6 Å². The van der Waals surface area contributed by atoms with Crippen molar-refractivity contribution in [1.82, 2.24) is 10.3 Å². The van der Waals surface area contributed by atoms with Crippen LogP contribution in [0.4, 0.5) is 0 Å². The minimum atomic E-state index is 0.675. The predicted molar refractivity (Wildman–Crippen MR) is 51.5 cm³/mol. The topological polar surface area (TPSA) is 38.1 Å². The highest BCUT2D eigenvalue weighted by molar-refractivity contribution is 5.76. The predicted octanol–water partition coefficient (Wildman–Crippen LogP) is 1.86. The van der Waals surface area contributed by atoms with Crippen LogP contribution in [-0.2, 0) is 6.54 Å². The van der Waals surface area contributed by atoms with E-state index < -0.39 is 0 Å². The molecule has 2 rings (SSSR count). The van der Waals surface area contributed by atoms with Crippen molar-refractivity contribution in [3.05, 3.63) is 29.7 Å². The molecule has 2 aromatic rings. The second-order valence-corrected chi connectivity index (χ2v) is 3.06. The Labute approximate surface area is 76.8 Å². The Hall–Kier alpha value is -1.35. The van der Waals surface area contributed by atoms with Gasteiger partial charge in [-0.3, -0.25) is 0 Å². The van der Waals surface area contributed by atoms with Crippen LogP contribution in [-0.4, -0.2) is 12.0 Å². The summed E-state index contributed by atoms with van der Waals surface area (Å²) >= 11 is 0. The number of hydrogen-bond acceptors (Lipinski definition) is 3. The van der Waals surface area contributed by atoms with Crippen LogP contribution in [0.25, 0.3) is 11.1 Å². The zero-order valence-corrected chi connectivity index (χ0v) is 7.79. The normalized spacial score (nSPS) is 10.9. The van der Waals surface area contributed by atoms with Gasteiger partial charge < -0.3 is 9.73 Å². The molecule has 0 atom stereocenters. The lowest BCUT2D eigenvalue weighted by atomic mass is 10.2. The molecule has 0 unspecified atom stereocenters. The lowest BCUT2D eigenvalue weighted by Crippen LogP contribution is -2.04. The summed E-state index contributed by atoms with van der Waals surface area (Å²) < 4.78 is 5.52. The van der Waals surface area contributed by atoms with Crippen LogP contribution in [0.1, 0.15) is 11.5 Å². The number of rotatable bonds is 2. The highest BCUT2D eigenvalue weighted by Crippen LogP contribution is 2.18. The third kappa shape index (κ3) is 1.42. The van der Waals surface area contributed by atoms with Crippen LogP contribution >= 0.6 is 0 Å². The number of para-hydroxylation sites is 1. The largest absolute Gasteiger partial charge is 0.439 e. The SMILES string of the molecule is CNCc1nc2c(C)cccc2o1. The first-order valence-electron chi connectivity index (χ1n) is 4.31. The van der Waals surface area contributed by atoms with E-state index in [0.29, 0.717) is 6.54 Å². The minimum absolute atomic E-state index is 0.675. The molecule has 0 radical (unpaired) electrons. The summed E-state index contributed by atoms with van der Waals surface area (Å²) in [5, 5.41) is 3.01. The van der Waals surface area contributed by atoms with E-state index in [1.54, 1.807) is 0 Å². The molecule has 0 fully saturated rings. The second kappa shape index (κ2) is 3.18. The third-order valence-corrected chi connectivity index (χ3v) is 1.99. The minimum Gasteiger partial charge on any atom is -0.439 e. The summed E-state index contributed by atoms with van der Waals surface area (Å²) in [5.74, 6) is 0.742. The fourth-order valence-corrected chi connectivity index (χ4v) is 1.36. The number of nitrogens with one attached hydrogen (secondary N) is 1. The average Bonchev–Trinajstić information content (AvgIpc) is 2.49.